The van der Waals surface area contributed by atoms with E-state index in [1.807, 2.05) is 6.08 Å². The molecule has 0 fully saturated rings. The fourth-order valence-electron chi connectivity index (χ4n) is 1.94. The van der Waals surface area contributed by atoms with Gasteiger partial charge in [0.2, 0.25) is 0 Å². The number of hydrogen-bond acceptors (Lipinski definition) is 3. The lowest BCUT2D eigenvalue weighted by Crippen LogP contribution is -2.16. The van der Waals surface area contributed by atoms with E-state index >= 15 is 0 Å². The number of aromatic nitrogens is 1. The van der Waals surface area contributed by atoms with Gasteiger partial charge in [0.15, 0.2) is 0 Å². The molecule has 0 saturated carbocycles. The Balaban J connectivity index is 2.08. The second-order valence-corrected chi connectivity index (χ2v) is 5.91. The number of hydrogen-bond donors (Lipinski definition) is 1. The van der Waals surface area contributed by atoms with Gasteiger partial charge in [-0.15, -0.1) is 17.9 Å². The Hall–Kier alpha value is -1.45. The van der Waals surface area contributed by atoms with E-state index in [0.29, 0.717) is 0 Å². The molecule has 1 aromatic heterocycles. The second-order valence-electron chi connectivity index (χ2n) is 4.62. The van der Waals surface area contributed by atoms with Crippen molar-refractivity contribution >= 4 is 11.3 Å². The molecule has 0 aliphatic carbocycles. The zero-order chi connectivity index (χ0) is 13.7. The van der Waals surface area contributed by atoms with Crippen molar-refractivity contribution in [2.45, 2.75) is 20.3 Å². The van der Waals surface area contributed by atoms with Crippen LogP contribution in [0.5, 0.6) is 0 Å². The third kappa shape index (κ3) is 3.75. The Labute approximate surface area is 119 Å². The topological polar surface area (TPSA) is 24.9 Å². The largest absolute Gasteiger partial charge is 0.313 e. The fourth-order valence-corrected chi connectivity index (χ4v) is 2.89. The zero-order valence-electron chi connectivity index (χ0n) is 11.6. The number of aryl methyl sites for hydroxylation is 2. The summed E-state index contributed by atoms with van der Waals surface area (Å²) < 4.78 is 0. The molecule has 0 spiro atoms. The molecule has 2 rings (SSSR count). The van der Waals surface area contributed by atoms with Gasteiger partial charge in [0.25, 0.3) is 0 Å². The van der Waals surface area contributed by atoms with Gasteiger partial charge in [0.1, 0.15) is 0 Å². The summed E-state index contributed by atoms with van der Waals surface area (Å²) in [6, 6.07) is 8.58. The van der Waals surface area contributed by atoms with Crippen LogP contribution in [0.4, 0.5) is 0 Å². The average molecular weight is 272 g/mol. The van der Waals surface area contributed by atoms with Gasteiger partial charge in [-0.2, -0.15) is 0 Å². The lowest BCUT2D eigenvalue weighted by atomic mass is 10.1. The van der Waals surface area contributed by atoms with Crippen molar-refractivity contribution in [2.24, 2.45) is 0 Å². The van der Waals surface area contributed by atoms with E-state index in [-0.39, 0.29) is 0 Å². The second kappa shape index (κ2) is 6.64. The first-order valence-corrected chi connectivity index (χ1v) is 7.37. The first-order valence-electron chi connectivity index (χ1n) is 6.55. The van der Waals surface area contributed by atoms with E-state index < -0.39 is 0 Å². The minimum Gasteiger partial charge on any atom is -0.313 e. The summed E-state index contributed by atoms with van der Waals surface area (Å²) >= 11 is 1.79. The molecule has 1 heterocycles. The monoisotopic (exact) mass is 272 g/mol. The molecule has 0 aliphatic heterocycles. The first kappa shape index (κ1) is 14.0. The molecular formula is C16H20N2S. The minimum atomic E-state index is 0.856. The number of thiazole rings is 1. The Bertz CT molecular complexity index is 540. The summed E-state index contributed by atoms with van der Waals surface area (Å²) in [7, 11) is 0. The number of rotatable bonds is 6. The van der Waals surface area contributed by atoms with Crippen LogP contribution in [0.25, 0.3) is 11.3 Å². The zero-order valence-corrected chi connectivity index (χ0v) is 12.4. The minimum absolute atomic E-state index is 0.856. The highest BCUT2D eigenvalue weighted by atomic mass is 32.1. The number of nitrogens with zero attached hydrogens (tertiary/aromatic N) is 1. The Morgan fingerprint density at radius 2 is 2.00 bits per heavy atom. The van der Waals surface area contributed by atoms with Gasteiger partial charge in [-0.1, -0.05) is 35.9 Å². The average Bonchev–Trinajstić information content (AvgIpc) is 2.77. The molecule has 1 aromatic carbocycles. The van der Waals surface area contributed by atoms with Crippen molar-refractivity contribution in [1.82, 2.24) is 10.3 Å². The van der Waals surface area contributed by atoms with E-state index in [9.17, 15) is 0 Å². The predicted molar refractivity (Wildman–Crippen MR) is 83.8 cm³/mol. The molecule has 19 heavy (non-hydrogen) atoms. The summed E-state index contributed by atoms with van der Waals surface area (Å²) in [5.74, 6) is 0. The molecule has 0 unspecified atom stereocenters. The summed E-state index contributed by atoms with van der Waals surface area (Å²) in [6.45, 7) is 9.75. The van der Waals surface area contributed by atoms with E-state index in [0.717, 1.165) is 25.2 Å². The van der Waals surface area contributed by atoms with Gasteiger partial charge >= 0.3 is 0 Å². The molecule has 0 aliphatic rings. The summed E-state index contributed by atoms with van der Waals surface area (Å²) in [6.07, 6.45) is 2.86. The molecule has 1 N–H and O–H groups in total. The van der Waals surface area contributed by atoms with Crippen LogP contribution in [0.15, 0.2) is 36.9 Å². The molecule has 3 heteroatoms. The highest BCUT2D eigenvalue weighted by molar-refractivity contribution is 7.12. The molecular weight excluding hydrogens is 252 g/mol. The van der Waals surface area contributed by atoms with Gasteiger partial charge in [-0.05, 0) is 13.8 Å². The van der Waals surface area contributed by atoms with Crippen LogP contribution in [0.2, 0.25) is 0 Å². The third-order valence-electron chi connectivity index (χ3n) is 2.97. The van der Waals surface area contributed by atoms with Gasteiger partial charge in [0.05, 0.1) is 10.7 Å². The lowest BCUT2D eigenvalue weighted by molar-refractivity contribution is 0.742. The molecule has 0 amide bonds. The van der Waals surface area contributed by atoms with Crippen molar-refractivity contribution in [3.63, 3.8) is 0 Å². The van der Waals surface area contributed by atoms with Gasteiger partial charge in [-0.25, -0.2) is 4.98 Å². The van der Waals surface area contributed by atoms with E-state index in [1.54, 1.807) is 11.3 Å². The SMILES string of the molecule is C=CCNCCc1nc(-c2ccc(C)cc2)c(C)s1. The van der Waals surface area contributed by atoms with Crippen molar-refractivity contribution in [3.05, 3.63) is 52.4 Å². The quantitative estimate of drug-likeness (QED) is 0.640. The molecule has 2 aromatic rings. The summed E-state index contributed by atoms with van der Waals surface area (Å²) in [5, 5.41) is 4.51. The van der Waals surface area contributed by atoms with Crippen molar-refractivity contribution < 1.29 is 0 Å². The van der Waals surface area contributed by atoms with Crippen LogP contribution in [-0.2, 0) is 6.42 Å². The molecule has 2 nitrogen and oxygen atoms in total. The van der Waals surface area contributed by atoms with Gasteiger partial charge in [-0.3, -0.25) is 0 Å². The van der Waals surface area contributed by atoms with Crippen LogP contribution in [0.1, 0.15) is 15.4 Å². The van der Waals surface area contributed by atoms with Gasteiger partial charge in [0, 0.05) is 30.0 Å². The smallest absolute Gasteiger partial charge is 0.0948 e. The van der Waals surface area contributed by atoms with E-state index in [2.05, 4.69) is 50.0 Å². The van der Waals surface area contributed by atoms with Crippen LogP contribution < -0.4 is 5.32 Å². The lowest BCUT2D eigenvalue weighted by Gasteiger charge is -1.99. The fraction of sp³-hybridized carbons (Fsp3) is 0.312. The van der Waals surface area contributed by atoms with E-state index in [1.165, 1.54) is 21.0 Å². The summed E-state index contributed by atoms with van der Waals surface area (Å²) in [4.78, 5) is 6.05. The number of benzene rings is 1. The maximum Gasteiger partial charge on any atom is 0.0948 e. The highest BCUT2D eigenvalue weighted by Gasteiger charge is 2.09. The Morgan fingerprint density at radius 1 is 1.26 bits per heavy atom. The predicted octanol–water partition coefficient (Wildman–Crippen LogP) is 3.75. The Morgan fingerprint density at radius 3 is 2.68 bits per heavy atom. The van der Waals surface area contributed by atoms with Crippen molar-refractivity contribution in [1.29, 1.82) is 0 Å². The summed E-state index contributed by atoms with van der Waals surface area (Å²) in [5.41, 5.74) is 3.62. The van der Waals surface area contributed by atoms with Crippen molar-refractivity contribution in [3.8, 4) is 11.3 Å². The molecule has 0 radical (unpaired) electrons. The standard InChI is InChI=1S/C16H20N2S/c1-4-10-17-11-9-15-18-16(13(3)19-15)14-7-5-12(2)6-8-14/h4-8,17H,1,9-11H2,2-3H3. The van der Waals surface area contributed by atoms with Gasteiger partial charge < -0.3 is 5.32 Å². The maximum atomic E-state index is 4.76. The van der Waals surface area contributed by atoms with E-state index in [4.69, 9.17) is 4.98 Å². The molecule has 0 bridgehead atoms. The first-order chi connectivity index (χ1) is 9.20. The van der Waals surface area contributed by atoms with Crippen LogP contribution in [0.3, 0.4) is 0 Å². The molecule has 0 atom stereocenters. The van der Waals surface area contributed by atoms with Crippen molar-refractivity contribution in [2.75, 3.05) is 13.1 Å². The van der Waals surface area contributed by atoms with Crippen LogP contribution >= 0.6 is 11.3 Å². The normalized spacial score (nSPS) is 10.6. The third-order valence-corrected chi connectivity index (χ3v) is 4.00. The number of nitrogens with one attached hydrogen (secondary N) is 1. The molecule has 0 saturated heterocycles. The van der Waals surface area contributed by atoms with Crippen LogP contribution in [-0.4, -0.2) is 18.1 Å². The maximum absolute atomic E-state index is 4.76. The Kier molecular flexibility index (Phi) is 4.88. The highest BCUT2D eigenvalue weighted by Crippen LogP contribution is 2.27. The van der Waals surface area contributed by atoms with Crippen LogP contribution in [0, 0.1) is 13.8 Å². The molecule has 100 valence electrons.